The Bertz CT molecular complexity index is 786. The predicted molar refractivity (Wildman–Crippen MR) is 108 cm³/mol. The number of carboxylic acids is 2. The van der Waals surface area contributed by atoms with Crippen LogP contribution in [0, 0.1) is 0 Å². The average molecular weight is 476 g/mol. The molecule has 0 rings (SSSR count). The lowest BCUT2D eigenvalue weighted by atomic mass is 10.1. The summed E-state index contributed by atoms with van der Waals surface area (Å²) < 4.78 is 0. The van der Waals surface area contributed by atoms with Crippen LogP contribution in [0.15, 0.2) is 0 Å². The fourth-order valence-electron chi connectivity index (χ4n) is 2.43. The molecule has 16 heteroatoms. The molecule has 0 aromatic carbocycles. The smallest absolute Gasteiger partial charge is 0.326 e. The van der Waals surface area contributed by atoms with Crippen LogP contribution in [0.1, 0.15) is 32.6 Å². The van der Waals surface area contributed by atoms with Crippen molar-refractivity contribution in [1.29, 1.82) is 0 Å². The second-order valence-corrected chi connectivity index (χ2v) is 7.07. The number of hydrogen-bond acceptors (Lipinski definition) is 9. The zero-order valence-corrected chi connectivity index (χ0v) is 17.6. The fraction of sp³-hybridized carbons (Fsp3) is 0.588. The maximum absolute atomic E-state index is 12.6. The first-order valence-electron chi connectivity index (χ1n) is 9.51. The van der Waals surface area contributed by atoms with Crippen molar-refractivity contribution in [3.63, 3.8) is 0 Å². The molecule has 0 aliphatic heterocycles. The molecule has 0 bridgehead atoms. The zero-order chi connectivity index (χ0) is 25.9. The van der Waals surface area contributed by atoms with E-state index in [1.807, 2.05) is 10.6 Å². The Balaban J connectivity index is 5.45. The van der Waals surface area contributed by atoms with Gasteiger partial charge in [0.25, 0.3) is 0 Å². The van der Waals surface area contributed by atoms with Gasteiger partial charge in [-0.05, 0) is 13.3 Å². The van der Waals surface area contributed by atoms with Crippen LogP contribution in [-0.2, 0) is 33.6 Å². The highest BCUT2D eigenvalue weighted by atomic mass is 16.4. The minimum Gasteiger partial charge on any atom is -0.481 e. The van der Waals surface area contributed by atoms with Gasteiger partial charge in [-0.1, -0.05) is 0 Å². The van der Waals surface area contributed by atoms with Gasteiger partial charge >= 0.3 is 11.9 Å². The summed E-state index contributed by atoms with van der Waals surface area (Å²) in [7, 11) is 0. The normalized spacial score (nSPS) is 15.1. The van der Waals surface area contributed by atoms with Gasteiger partial charge in [-0.2, -0.15) is 0 Å². The van der Waals surface area contributed by atoms with Gasteiger partial charge in [-0.25, -0.2) is 4.79 Å². The van der Waals surface area contributed by atoms with E-state index < -0.39 is 84.6 Å². The molecule has 0 aliphatic carbocycles. The number of hydrogen-bond donors (Lipinski definition) is 9. The van der Waals surface area contributed by atoms with E-state index in [0.717, 1.165) is 6.92 Å². The Labute approximate surface area is 187 Å². The summed E-state index contributed by atoms with van der Waals surface area (Å²) in [4.78, 5) is 81.1. The molecule has 33 heavy (non-hydrogen) atoms. The summed E-state index contributed by atoms with van der Waals surface area (Å²) in [5.41, 5.74) is 15.4. The van der Waals surface area contributed by atoms with Crippen LogP contribution in [0.25, 0.3) is 0 Å². The number of nitrogens with two attached hydrogens (primary N) is 3. The summed E-state index contributed by atoms with van der Waals surface area (Å²) in [6.45, 7) is 1.09. The van der Waals surface area contributed by atoms with Crippen molar-refractivity contribution >= 4 is 41.5 Å². The number of carbonyl (C=O) groups is 7. The van der Waals surface area contributed by atoms with Crippen LogP contribution in [0.3, 0.4) is 0 Å². The number of primary amides is 2. The number of nitrogens with one attached hydrogen (secondary N) is 3. The summed E-state index contributed by atoms with van der Waals surface area (Å²) >= 11 is 0. The molecule has 0 saturated carbocycles. The number of aliphatic carboxylic acids is 2. The van der Waals surface area contributed by atoms with Gasteiger partial charge in [0.1, 0.15) is 18.1 Å². The van der Waals surface area contributed by atoms with Gasteiger partial charge in [0.15, 0.2) is 0 Å². The van der Waals surface area contributed by atoms with Crippen molar-refractivity contribution in [2.45, 2.75) is 62.9 Å². The Kier molecular flexibility index (Phi) is 12.0. The third-order valence-electron chi connectivity index (χ3n) is 4.13. The van der Waals surface area contributed by atoms with Gasteiger partial charge in [0.2, 0.25) is 29.5 Å². The van der Waals surface area contributed by atoms with E-state index in [2.05, 4.69) is 5.32 Å². The Morgan fingerprint density at radius 2 is 1.33 bits per heavy atom. The van der Waals surface area contributed by atoms with Crippen LogP contribution in [0.5, 0.6) is 0 Å². The van der Waals surface area contributed by atoms with E-state index in [0.29, 0.717) is 0 Å². The summed E-state index contributed by atoms with van der Waals surface area (Å²) in [5, 5.41) is 33.8. The van der Waals surface area contributed by atoms with Crippen LogP contribution in [0.2, 0.25) is 0 Å². The maximum Gasteiger partial charge on any atom is 0.326 e. The third-order valence-corrected chi connectivity index (χ3v) is 4.13. The number of amides is 5. The maximum atomic E-state index is 12.6. The molecule has 5 unspecified atom stereocenters. The quantitative estimate of drug-likeness (QED) is 0.108. The zero-order valence-electron chi connectivity index (χ0n) is 17.6. The third kappa shape index (κ3) is 11.4. The fourth-order valence-corrected chi connectivity index (χ4v) is 2.43. The van der Waals surface area contributed by atoms with Crippen LogP contribution < -0.4 is 33.2 Å². The molecule has 186 valence electrons. The van der Waals surface area contributed by atoms with E-state index in [-0.39, 0.29) is 12.8 Å². The highest BCUT2D eigenvalue weighted by Gasteiger charge is 2.33. The minimum absolute atomic E-state index is 0.362. The van der Waals surface area contributed by atoms with Gasteiger partial charge in [0, 0.05) is 6.42 Å². The van der Waals surface area contributed by atoms with Gasteiger partial charge in [0.05, 0.1) is 25.0 Å². The largest absolute Gasteiger partial charge is 0.481 e. The lowest BCUT2D eigenvalue weighted by Gasteiger charge is -2.26. The van der Waals surface area contributed by atoms with Crippen LogP contribution in [0.4, 0.5) is 0 Å². The van der Waals surface area contributed by atoms with E-state index in [4.69, 9.17) is 27.4 Å². The molecule has 0 heterocycles. The molecule has 0 aliphatic rings. The molecule has 0 spiro atoms. The number of aliphatic hydroxyl groups excluding tert-OH is 1. The lowest BCUT2D eigenvalue weighted by molar-refractivity contribution is -0.143. The van der Waals surface area contributed by atoms with E-state index in [1.165, 1.54) is 0 Å². The van der Waals surface area contributed by atoms with Crippen LogP contribution in [-0.4, -0.2) is 87.1 Å². The van der Waals surface area contributed by atoms with Crippen molar-refractivity contribution in [3.05, 3.63) is 0 Å². The van der Waals surface area contributed by atoms with Gasteiger partial charge < -0.3 is 48.5 Å². The van der Waals surface area contributed by atoms with Crippen molar-refractivity contribution in [3.8, 4) is 0 Å². The first-order valence-corrected chi connectivity index (χ1v) is 9.51. The summed E-state index contributed by atoms with van der Waals surface area (Å²) in [6, 6.07) is -6.57. The highest BCUT2D eigenvalue weighted by Crippen LogP contribution is 2.03. The van der Waals surface area contributed by atoms with Crippen molar-refractivity contribution in [2.75, 3.05) is 0 Å². The molecular formula is C17H28N6O10. The average Bonchev–Trinajstić information content (AvgIpc) is 2.66. The molecule has 5 amide bonds. The molecule has 12 N–H and O–H groups in total. The molecule has 0 radical (unpaired) electrons. The molecule has 0 aromatic heterocycles. The summed E-state index contributed by atoms with van der Waals surface area (Å²) in [5.74, 6) is -8.19. The number of rotatable bonds is 15. The first-order chi connectivity index (χ1) is 15.1. The SMILES string of the molecule is CC(O)C(NC(=O)C(CC(N)=O)NC(=O)C(N)CC(=O)O)C(=O)NC(CCC(N)=O)C(=O)O. The first kappa shape index (κ1) is 29.2. The van der Waals surface area contributed by atoms with Crippen LogP contribution >= 0.6 is 0 Å². The lowest BCUT2D eigenvalue weighted by Crippen LogP contribution is -2.60. The number of carbonyl (C=O) groups excluding carboxylic acids is 5. The van der Waals surface area contributed by atoms with Gasteiger partial charge in [-0.15, -0.1) is 0 Å². The van der Waals surface area contributed by atoms with Gasteiger partial charge in [-0.3, -0.25) is 28.8 Å². The predicted octanol–water partition coefficient (Wildman–Crippen LogP) is -5.15. The Hall–Kier alpha value is -3.79. The molecular weight excluding hydrogens is 448 g/mol. The van der Waals surface area contributed by atoms with E-state index in [1.54, 1.807) is 0 Å². The highest BCUT2D eigenvalue weighted by molar-refractivity contribution is 5.96. The second-order valence-electron chi connectivity index (χ2n) is 7.07. The molecule has 5 atom stereocenters. The second kappa shape index (κ2) is 13.6. The summed E-state index contributed by atoms with van der Waals surface area (Å²) in [6.07, 6.45) is -3.84. The molecule has 0 saturated heterocycles. The Morgan fingerprint density at radius 1 is 0.788 bits per heavy atom. The standard InChI is InChI=1S/C17H28N6O10/c1-6(24)13(16(31)21-8(17(32)33)2-3-10(19)25)23-15(30)9(5-11(20)26)22-14(29)7(18)4-12(27)28/h6-9,13,24H,2-5,18H2,1H3,(H2,19,25)(H2,20,26)(H,21,31)(H,22,29)(H,23,30)(H,27,28)(H,32,33). The van der Waals surface area contributed by atoms with E-state index in [9.17, 15) is 38.7 Å². The number of aliphatic hydroxyl groups is 1. The number of carboxylic acid groups (broad SMARTS) is 2. The topological polar surface area (TPSA) is 294 Å². The minimum atomic E-state index is -1.74. The molecule has 0 fully saturated rings. The Morgan fingerprint density at radius 3 is 1.76 bits per heavy atom. The van der Waals surface area contributed by atoms with Crippen molar-refractivity contribution in [1.82, 2.24) is 16.0 Å². The molecule has 0 aromatic rings. The monoisotopic (exact) mass is 476 g/mol. The van der Waals surface area contributed by atoms with Crippen molar-refractivity contribution < 1.29 is 48.9 Å². The van der Waals surface area contributed by atoms with E-state index >= 15 is 0 Å². The molecule has 16 nitrogen and oxygen atoms in total. The van der Waals surface area contributed by atoms with Crippen molar-refractivity contribution in [2.24, 2.45) is 17.2 Å².